The van der Waals surface area contributed by atoms with Crippen LogP contribution >= 0.6 is 24.0 Å². The van der Waals surface area contributed by atoms with Gasteiger partial charge in [0.25, 0.3) is 0 Å². The largest absolute Gasteiger partial charge is 0.377 e. The van der Waals surface area contributed by atoms with E-state index in [9.17, 15) is 8.78 Å². The van der Waals surface area contributed by atoms with Gasteiger partial charge in [0.2, 0.25) is 0 Å². The predicted octanol–water partition coefficient (Wildman–Crippen LogP) is 2.04. The molecule has 3 rings (SSSR count). The molecule has 0 saturated heterocycles. The van der Waals surface area contributed by atoms with Gasteiger partial charge >= 0.3 is 0 Å². The summed E-state index contributed by atoms with van der Waals surface area (Å²) in [5.41, 5.74) is 0.341. The molecule has 1 aromatic carbocycles. The number of halogens is 3. The van der Waals surface area contributed by atoms with Crippen molar-refractivity contribution in [1.82, 2.24) is 25.4 Å². The zero-order chi connectivity index (χ0) is 19.2. The Hall–Kier alpha value is -1.82. The van der Waals surface area contributed by atoms with Gasteiger partial charge in [0.15, 0.2) is 11.8 Å². The van der Waals surface area contributed by atoms with Crippen molar-refractivity contribution in [2.45, 2.75) is 38.5 Å². The van der Waals surface area contributed by atoms with Crippen molar-refractivity contribution < 1.29 is 13.5 Å². The van der Waals surface area contributed by atoms with Gasteiger partial charge in [-0.2, -0.15) is 5.10 Å². The summed E-state index contributed by atoms with van der Waals surface area (Å²) in [6.45, 7) is 1.53. The number of ether oxygens (including phenoxy) is 1. The Labute approximate surface area is 180 Å². The Morgan fingerprint density at radius 1 is 1.39 bits per heavy atom. The molecule has 1 unspecified atom stereocenters. The molecule has 0 bridgehead atoms. The quantitative estimate of drug-likeness (QED) is 0.357. The van der Waals surface area contributed by atoms with Crippen molar-refractivity contribution in [3.05, 3.63) is 47.0 Å². The highest BCUT2D eigenvalue weighted by molar-refractivity contribution is 14.0. The minimum atomic E-state index is -0.437. The molecule has 1 aromatic heterocycles. The minimum Gasteiger partial charge on any atom is -0.377 e. The maximum absolute atomic E-state index is 13.7. The first-order chi connectivity index (χ1) is 13.1. The van der Waals surface area contributed by atoms with Crippen LogP contribution in [-0.4, -0.2) is 47.5 Å². The number of aliphatic imine (C=N–C) groups is 1. The fraction of sp³-hybridized carbons (Fsp3) is 0.500. The summed E-state index contributed by atoms with van der Waals surface area (Å²) in [4.78, 5) is 8.67. The lowest BCUT2D eigenvalue weighted by atomic mass is 10.1. The Morgan fingerprint density at radius 3 is 2.96 bits per heavy atom. The molecule has 2 N–H and O–H groups in total. The van der Waals surface area contributed by atoms with E-state index in [0.717, 1.165) is 30.8 Å². The maximum Gasteiger partial charge on any atom is 0.191 e. The van der Waals surface area contributed by atoms with Crippen LogP contribution < -0.4 is 10.6 Å². The lowest BCUT2D eigenvalue weighted by Gasteiger charge is -2.25. The number of aromatic nitrogens is 3. The van der Waals surface area contributed by atoms with Gasteiger partial charge < -0.3 is 15.4 Å². The Balaban J connectivity index is 0.00000280. The first kappa shape index (κ1) is 22.5. The summed E-state index contributed by atoms with van der Waals surface area (Å²) in [5, 5.41) is 10.9. The average Bonchev–Trinajstić information content (AvgIpc) is 3.05. The van der Waals surface area contributed by atoms with Crippen molar-refractivity contribution in [3.63, 3.8) is 0 Å². The van der Waals surface area contributed by atoms with Crippen molar-refractivity contribution in [1.29, 1.82) is 0 Å². The third-order valence-corrected chi connectivity index (χ3v) is 4.43. The summed E-state index contributed by atoms with van der Waals surface area (Å²) < 4.78 is 33.9. The van der Waals surface area contributed by atoms with Crippen LogP contribution in [0.2, 0.25) is 0 Å². The van der Waals surface area contributed by atoms with Crippen molar-refractivity contribution in [2.24, 2.45) is 4.99 Å². The third-order valence-electron chi connectivity index (χ3n) is 4.43. The topological polar surface area (TPSA) is 76.4 Å². The van der Waals surface area contributed by atoms with E-state index in [1.54, 1.807) is 14.2 Å². The maximum atomic E-state index is 13.7. The van der Waals surface area contributed by atoms with Crippen LogP contribution in [0.4, 0.5) is 8.78 Å². The van der Waals surface area contributed by atoms with E-state index >= 15 is 0 Å². The SMILES string of the molecule is CN=C(NCCc1cc(F)ccc1F)NC1CCc2nc(COC)nn2C1.I. The minimum absolute atomic E-state index is 0. The summed E-state index contributed by atoms with van der Waals surface area (Å²) in [6.07, 6.45) is 2.09. The highest BCUT2D eigenvalue weighted by atomic mass is 127. The second kappa shape index (κ2) is 10.6. The van der Waals surface area contributed by atoms with E-state index in [1.165, 1.54) is 6.07 Å². The van der Waals surface area contributed by atoms with Gasteiger partial charge in [-0.05, 0) is 36.6 Å². The number of rotatable bonds is 6. The molecule has 1 atom stereocenters. The zero-order valence-corrected chi connectivity index (χ0v) is 18.2. The van der Waals surface area contributed by atoms with E-state index in [-0.39, 0.29) is 30.0 Å². The van der Waals surface area contributed by atoms with Gasteiger partial charge in [-0.1, -0.05) is 0 Å². The molecule has 1 aliphatic rings. The number of hydrogen-bond acceptors (Lipinski definition) is 4. The molecule has 0 radical (unpaired) electrons. The van der Waals surface area contributed by atoms with Crippen molar-refractivity contribution >= 4 is 29.9 Å². The molecule has 2 aromatic rings. The van der Waals surface area contributed by atoms with Gasteiger partial charge in [-0.25, -0.2) is 18.4 Å². The molecule has 0 aliphatic carbocycles. The first-order valence-electron chi connectivity index (χ1n) is 8.91. The Bertz CT molecular complexity index is 813. The lowest BCUT2D eigenvalue weighted by molar-refractivity contribution is 0.177. The average molecular weight is 506 g/mol. The number of aryl methyl sites for hydroxylation is 1. The van der Waals surface area contributed by atoms with Crippen LogP contribution in [0.25, 0.3) is 0 Å². The molecular formula is C18H25F2IN6O. The first-order valence-corrected chi connectivity index (χ1v) is 8.91. The van der Waals surface area contributed by atoms with Crippen LogP contribution in [0.3, 0.4) is 0 Å². The smallest absolute Gasteiger partial charge is 0.191 e. The van der Waals surface area contributed by atoms with Gasteiger partial charge in [0.1, 0.15) is 24.1 Å². The van der Waals surface area contributed by atoms with Gasteiger partial charge in [-0.3, -0.25) is 4.99 Å². The molecule has 1 aliphatic heterocycles. The highest BCUT2D eigenvalue weighted by Gasteiger charge is 2.22. The zero-order valence-electron chi connectivity index (χ0n) is 15.9. The molecule has 0 saturated carbocycles. The summed E-state index contributed by atoms with van der Waals surface area (Å²) in [6, 6.07) is 3.64. The van der Waals surface area contributed by atoms with Crippen LogP contribution in [0.15, 0.2) is 23.2 Å². The van der Waals surface area contributed by atoms with Gasteiger partial charge in [-0.15, -0.1) is 24.0 Å². The van der Waals surface area contributed by atoms with E-state index < -0.39 is 11.6 Å². The predicted molar refractivity (Wildman–Crippen MR) is 113 cm³/mol. The molecule has 10 heteroatoms. The Morgan fingerprint density at radius 2 is 2.21 bits per heavy atom. The van der Waals surface area contributed by atoms with Crippen molar-refractivity contribution in [2.75, 3.05) is 20.7 Å². The highest BCUT2D eigenvalue weighted by Crippen LogP contribution is 2.13. The molecule has 0 fully saturated rings. The number of benzene rings is 1. The van der Waals surface area contributed by atoms with Crippen LogP contribution in [0, 0.1) is 11.6 Å². The number of guanidine groups is 1. The molecule has 154 valence electrons. The molecule has 2 heterocycles. The third kappa shape index (κ3) is 5.84. The fourth-order valence-electron chi connectivity index (χ4n) is 3.11. The van der Waals surface area contributed by atoms with Crippen LogP contribution in [0.1, 0.15) is 23.6 Å². The number of hydrogen-bond donors (Lipinski definition) is 2. The van der Waals surface area contributed by atoms with E-state index in [4.69, 9.17) is 4.74 Å². The summed E-state index contributed by atoms with van der Waals surface area (Å²) in [5.74, 6) is 1.43. The number of nitrogens with zero attached hydrogens (tertiary/aromatic N) is 4. The molecule has 0 spiro atoms. The second-order valence-electron chi connectivity index (χ2n) is 6.42. The van der Waals surface area contributed by atoms with Gasteiger partial charge in [0.05, 0.1) is 6.54 Å². The van der Waals surface area contributed by atoms with E-state index in [2.05, 4.69) is 25.7 Å². The number of methoxy groups -OCH3 is 1. The van der Waals surface area contributed by atoms with E-state index in [1.807, 2.05) is 4.68 Å². The standard InChI is InChI=1S/C18H24F2N6O.HI/c1-21-18(22-8-7-12-9-13(19)3-5-15(12)20)23-14-4-6-17-24-16(11-27-2)25-26(17)10-14;/h3,5,9,14H,4,6-8,10-11H2,1-2H3,(H2,21,22,23);1H. The van der Waals surface area contributed by atoms with Gasteiger partial charge in [0, 0.05) is 33.2 Å². The van der Waals surface area contributed by atoms with Crippen LogP contribution in [0.5, 0.6) is 0 Å². The second-order valence-corrected chi connectivity index (χ2v) is 6.42. The monoisotopic (exact) mass is 506 g/mol. The number of nitrogens with one attached hydrogen (secondary N) is 2. The summed E-state index contributed by atoms with van der Waals surface area (Å²) in [7, 11) is 3.30. The summed E-state index contributed by atoms with van der Waals surface area (Å²) >= 11 is 0. The molecule has 28 heavy (non-hydrogen) atoms. The molecular weight excluding hydrogens is 481 g/mol. The fourth-order valence-corrected chi connectivity index (χ4v) is 3.11. The van der Waals surface area contributed by atoms with Crippen molar-refractivity contribution in [3.8, 4) is 0 Å². The van der Waals surface area contributed by atoms with Crippen LogP contribution in [-0.2, 0) is 30.7 Å². The normalized spacial score (nSPS) is 16.3. The molecule has 0 amide bonds. The number of fused-ring (bicyclic) bond motifs is 1. The molecule has 7 nitrogen and oxygen atoms in total. The van der Waals surface area contributed by atoms with E-state index in [0.29, 0.717) is 43.5 Å². The Kier molecular flexibility index (Phi) is 8.55. The lowest BCUT2D eigenvalue weighted by Crippen LogP contribution is -2.47.